The Hall–Kier alpha value is -0.870. The molecule has 2 atom stereocenters. The first-order valence-electron chi connectivity index (χ1n) is 7.20. The summed E-state index contributed by atoms with van der Waals surface area (Å²) in [6.45, 7) is 7.86. The van der Waals surface area contributed by atoms with Crippen molar-refractivity contribution < 1.29 is 0 Å². The molecule has 0 N–H and O–H groups in total. The minimum atomic E-state index is 0.491. The first-order valence-corrected chi connectivity index (χ1v) is 7.58. The molecule has 104 valence electrons. The predicted molar refractivity (Wildman–Crippen MR) is 77.8 cm³/mol. The molecule has 1 aromatic heterocycles. The zero-order valence-corrected chi connectivity index (χ0v) is 12.4. The highest BCUT2D eigenvalue weighted by Gasteiger charge is 2.35. The van der Waals surface area contributed by atoms with Gasteiger partial charge in [-0.1, -0.05) is 18.5 Å². The fourth-order valence-corrected chi connectivity index (χ4v) is 3.68. The number of hydrogen-bond acceptors (Lipinski definition) is 4. The van der Waals surface area contributed by atoms with Crippen molar-refractivity contribution >= 4 is 17.4 Å². The maximum Gasteiger partial charge on any atom is 0.137 e. The van der Waals surface area contributed by atoms with Crippen LogP contribution in [0.2, 0.25) is 5.15 Å². The SMILES string of the molecule is CCc1c(Cl)ncnc1N1CC2CCCN2CC1C. The Morgan fingerprint density at radius 3 is 3.00 bits per heavy atom. The molecule has 1 aromatic rings. The van der Waals surface area contributed by atoms with Gasteiger partial charge in [0, 0.05) is 30.7 Å². The minimum Gasteiger partial charge on any atom is -0.351 e. The van der Waals surface area contributed by atoms with Gasteiger partial charge in [0.2, 0.25) is 0 Å². The summed E-state index contributed by atoms with van der Waals surface area (Å²) in [7, 11) is 0. The first kappa shape index (κ1) is 13.1. The molecule has 4 nitrogen and oxygen atoms in total. The summed E-state index contributed by atoms with van der Waals surface area (Å²) in [6, 6.07) is 1.18. The molecule has 0 amide bonds. The van der Waals surface area contributed by atoms with Crippen LogP contribution in [0.4, 0.5) is 5.82 Å². The molecule has 19 heavy (non-hydrogen) atoms. The van der Waals surface area contributed by atoms with Crippen molar-refractivity contribution in [2.75, 3.05) is 24.5 Å². The second-order valence-electron chi connectivity index (χ2n) is 5.61. The van der Waals surface area contributed by atoms with Crippen LogP contribution in [0, 0.1) is 0 Å². The Kier molecular flexibility index (Phi) is 3.63. The molecule has 2 aliphatic heterocycles. The molecular formula is C14H21ClN4. The van der Waals surface area contributed by atoms with Crippen molar-refractivity contribution in [2.24, 2.45) is 0 Å². The fraction of sp³-hybridized carbons (Fsp3) is 0.714. The van der Waals surface area contributed by atoms with E-state index in [9.17, 15) is 0 Å². The number of aromatic nitrogens is 2. The number of anilines is 1. The topological polar surface area (TPSA) is 32.3 Å². The second-order valence-corrected chi connectivity index (χ2v) is 5.97. The Bertz CT molecular complexity index is 465. The van der Waals surface area contributed by atoms with Gasteiger partial charge in [0.25, 0.3) is 0 Å². The summed E-state index contributed by atoms with van der Waals surface area (Å²) in [5.41, 5.74) is 1.09. The number of fused-ring (bicyclic) bond motifs is 1. The van der Waals surface area contributed by atoms with Crippen molar-refractivity contribution in [3.8, 4) is 0 Å². The summed E-state index contributed by atoms with van der Waals surface area (Å²) < 4.78 is 0. The molecule has 0 aliphatic carbocycles. The Morgan fingerprint density at radius 1 is 1.37 bits per heavy atom. The van der Waals surface area contributed by atoms with Gasteiger partial charge >= 0.3 is 0 Å². The maximum atomic E-state index is 6.22. The van der Waals surface area contributed by atoms with E-state index in [-0.39, 0.29) is 0 Å². The van der Waals surface area contributed by atoms with E-state index in [1.165, 1.54) is 19.4 Å². The zero-order valence-electron chi connectivity index (χ0n) is 11.6. The van der Waals surface area contributed by atoms with Gasteiger partial charge in [0.05, 0.1) is 0 Å². The van der Waals surface area contributed by atoms with Gasteiger partial charge in [-0.2, -0.15) is 0 Å². The molecular weight excluding hydrogens is 260 g/mol. The zero-order chi connectivity index (χ0) is 13.4. The fourth-order valence-electron chi connectivity index (χ4n) is 3.42. The lowest BCUT2D eigenvalue weighted by Gasteiger charge is -2.43. The van der Waals surface area contributed by atoms with Crippen molar-refractivity contribution in [1.82, 2.24) is 14.9 Å². The molecule has 0 saturated carbocycles. The smallest absolute Gasteiger partial charge is 0.137 e. The molecule has 3 heterocycles. The highest BCUT2D eigenvalue weighted by molar-refractivity contribution is 6.30. The lowest BCUT2D eigenvalue weighted by Crippen LogP contribution is -2.55. The van der Waals surface area contributed by atoms with E-state index in [1.54, 1.807) is 6.33 Å². The normalized spacial score (nSPS) is 27.6. The van der Waals surface area contributed by atoms with Crippen LogP contribution in [0.15, 0.2) is 6.33 Å². The van der Waals surface area contributed by atoms with Crippen LogP contribution in [-0.2, 0) is 6.42 Å². The Balaban J connectivity index is 1.91. The van der Waals surface area contributed by atoms with E-state index in [0.29, 0.717) is 17.2 Å². The average Bonchev–Trinajstić information content (AvgIpc) is 2.84. The van der Waals surface area contributed by atoms with Gasteiger partial charge in [0.15, 0.2) is 0 Å². The van der Waals surface area contributed by atoms with Crippen LogP contribution in [0.25, 0.3) is 0 Å². The lowest BCUT2D eigenvalue weighted by atomic mass is 10.1. The van der Waals surface area contributed by atoms with Gasteiger partial charge in [-0.15, -0.1) is 0 Å². The predicted octanol–water partition coefficient (Wildman–Crippen LogP) is 2.37. The maximum absolute atomic E-state index is 6.22. The minimum absolute atomic E-state index is 0.491. The van der Waals surface area contributed by atoms with Crippen LogP contribution in [0.3, 0.4) is 0 Å². The van der Waals surface area contributed by atoms with Crippen molar-refractivity contribution in [2.45, 2.75) is 45.2 Å². The molecule has 2 saturated heterocycles. The van der Waals surface area contributed by atoms with Crippen LogP contribution >= 0.6 is 11.6 Å². The van der Waals surface area contributed by atoms with Crippen LogP contribution < -0.4 is 4.90 Å². The quantitative estimate of drug-likeness (QED) is 0.779. The average molecular weight is 281 g/mol. The van der Waals surface area contributed by atoms with Crippen LogP contribution in [0.5, 0.6) is 0 Å². The standard InChI is InChI=1S/C14H21ClN4/c1-3-12-13(15)16-9-17-14(12)19-8-11-5-4-6-18(11)7-10(19)2/h9-11H,3-8H2,1-2H3. The van der Waals surface area contributed by atoms with Crippen LogP contribution in [-0.4, -0.2) is 46.6 Å². The van der Waals surface area contributed by atoms with Crippen molar-refractivity contribution in [1.29, 1.82) is 0 Å². The van der Waals surface area contributed by atoms with E-state index < -0.39 is 0 Å². The molecule has 0 aromatic carbocycles. The summed E-state index contributed by atoms with van der Waals surface area (Å²) in [4.78, 5) is 13.7. The van der Waals surface area contributed by atoms with Gasteiger partial charge in [-0.25, -0.2) is 9.97 Å². The van der Waals surface area contributed by atoms with E-state index in [1.807, 2.05) is 0 Å². The van der Waals surface area contributed by atoms with E-state index in [2.05, 4.69) is 33.6 Å². The van der Waals surface area contributed by atoms with E-state index in [0.717, 1.165) is 30.9 Å². The number of piperazine rings is 1. The largest absolute Gasteiger partial charge is 0.351 e. The molecule has 2 aliphatic rings. The van der Waals surface area contributed by atoms with Crippen molar-refractivity contribution in [3.05, 3.63) is 17.0 Å². The Labute approximate surface area is 119 Å². The molecule has 2 fully saturated rings. The molecule has 0 bridgehead atoms. The molecule has 0 spiro atoms. The van der Waals surface area contributed by atoms with Gasteiger partial charge < -0.3 is 4.90 Å². The van der Waals surface area contributed by atoms with Gasteiger partial charge in [-0.05, 0) is 32.7 Å². The third-order valence-electron chi connectivity index (χ3n) is 4.43. The monoisotopic (exact) mass is 280 g/mol. The van der Waals surface area contributed by atoms with E-state index in [4.69, 9.17) is 11.6 Å². The number of hydrogen-bond donors (Lipinski definition) is 0. The number of halogens is 1. The third-order valence-corrected chi connectivity index (χ3v) is 4.76. The third kappa shape index (κ3) is 2.32. The summed E-state index contributed by atoms with van der Waals surface area (Å²) in [6.07, 6.45) is 5.11. The molecule has 0 radical (unpaired) electrons. The highest BCUT2D eigenvalue weighted by atomic mass is 35.5. The molecule has 5 heteroatoms. The summed E-state index contributed by atoms with van der Waals surface area (Å²) >= 11 is 6.22. The van der Waals surface area contributed by atoms with Gasteiger partial charge in [0.1, 0.15) is 17.3 Å². The van der Waals surface area contributed by atoms with Crippen molar-refractivity contribution in [3.63, 3.8) is 0 Å². The van der Waals surface area contributed by atoms with E-state index >= 15 is 0 Å². The van der Waals surface area contributed by atoms with Crippen LogP contribution in [0.1, 0.15) is 32.3 Å². The number of nitrogens with zero attached hydrogens (tertiary/aromatic N) is 4. The highest BCUT2D eigenvalue weighted by Crippen LogP contribution is 2.31. The second kappa shape index (κ2) is 5.25. The van der Waals surface area contributed by atoms with Gasteiger partial charge in [-0.3, -0.25) is 4.90 Å². The molecule has 2 unspecified atom stereocenters. The summed E-state index contributed by atoms with van der Waals surface area (Å²) in [5.74, 6) is 1.04. The lowest BCUT2D eigenvalue weighted by molar-refractivity contribution is 0.202. The Morgan fingerprint density at radius 2 is 2.21 bits per heavy atom. The number of rotatable bonds is 2. The molecule has 3 rings (SSSR count). The first-order chi connectivity index (χ1) is 9.20. The summed E-state index contributed by atoms with van der Waals surface area (Å²) in [5, 5.41) is 0.605.